The molecule has 1 fully saturated rings. The number of aromatic nitrogens is 1. The van der Waals surface area contributed by atoms with Gasteiger partial charge in [0.1, 0.15) is 0 Å². The van der Waals surface area contributed by atoms with Gasteiger partial charge in [-0.25, -0.2) is 0 Å². The highest BCUT2D eigenvalue weighted by molar-refractivity contribution is 7.10. The molecule has 1 aromatic rings. The van der Waals surface area contributed by atoms with E-state index in [-0.39, 0.29) is 12.5 Å². The van der Waals surface area contributed by atoms with Crippen LogP contribution in [-0.2, 0) is 9.31 Å². The fraction of sp³-hybridized carbons (Fsp3) is 0.667. The topological polar surface area (TPSA) is 31.4 Å². The first kappa shape index (κ1) is 10.1. The standard InChI is InChI=1S/C9H14BNO2S/c1-7-11-8(4-14-7)10-12-5-9(2,3)6-13-10/h4H,5-6H2,1-3H3. The lowest BCUT2D eigenvalue weighted by molar-refractivity contribution is 0.0340. The Morgan fingerprint density at radius 2 is 2.07 bits per heavy atom. The van der Waals surface area contributed by atoms with Gasteiger partial charge in [-0.05, 0) is 6.92 Å². The number of thiazole rings is 1. The molecule has 14 heavy (non-hydrogen) atoms. The van der Waals surface area contributed by atoms with Gasteiger partial charge in [-0.15, -0.1) is 11.3 Å². The molecule has 2 heterocycles. The lowest BCUT2D eigenvalue weighted by Gasteiger charge is -2.32. The molecule has 0 aromatic carbocycles. The van der Waals surface area contributed by atoms with Gasteiger partial charge < -0.3 is 9.31 Å². The van der Waals surface area contributed by atoms with E-state index < -0.39 is 0 Å². The second kappa shape index (κ2) is 3.64. The summed E-state index contributed by atoms with van der Waals surface area (Å²) in [6.45, 7) is 7.72. The molecule has 0 bridgehead atoms. The first-order chi connectivity index (χ1) is 6.57. The lowest BCUT2D eigenvalue weighted by Crippen LogP contribution is -2.47. The quantitative estimate of drug-likeness (QED) is 0.654. The number of nitrogens with zero attached hydrogens (tertiary/aromatic N) is 1. The van der Waals surface area contributed by atoms with Crippen LogP contribution in [-0.4, -0.2) is 25.3 Å². The third-order valence-electron chi connectivity index (χ3n) is 2.13. The maximum absolute atomic E-state index is 5.61. The number of aryl methyl sites for hydroxylation is 1. The molecular weight excluding hydrogens is 197 g/mol. The summed E-state index contributed by atoms with van der Waals surface area (Å²) in [6.07, 6.45) is 0. The highest BCUT2D eigenvalue weighted by atomic mass is 32.1. The fourth-order valence-electron chi connectivity index (χ4n) is 1.35. The van der Waals surface area contributed by atoms with Gasteiger partial charge >= 0.3 is 7.12 Å². The normalized spacial score (nSPS) is 21.2. The van der Waals surface area contributed by atoms with Crippen LogP contribution in [0.2, 0.25) is 0 Å². The third kappa shape index (κ3) is 2.16. The Morgan fingerprint density at radius 1 is 1.43 bits per heavy atom. The smallest absolute Gasteiger partial charge is 0.406 e. The fourth-order valence-corrected chi connectivity index (χ4v) is 1.96. The highest BCUT2D eigenvalue weighted by Crippen LogP contribution is 2.21. The Labute approximate surface area is 88.6 Å². The number of hydrogen-bond donors (Lipinski definition) is 0. The Bertz CT molecular complexity index is 316. The summed E-state index contributed by atoms with van der Waals surface area (Å²) in [7, 11) is -0.257. The summed E-state index contributed by atoms with van der Waals surface area (Å²) in [6, 6.07) is 0. The Morgan fingerprint density at radius 3 is 2.57 bits per heavy atom. The average molecular weight is 211 g/mol. The van der Waals surface area contributed by atoms with Crippen LogP contribution in [0.4, 0.5) is 0 Å². The van der Waals surface area contributed by atoms with Gasteiger partial charge in [0.2, 0.25) is 0 Å². The predicted octanol–water partition coefficient (Wildman–Crippen LogP) is 1.22. The van der Waals surface area contributed by atoms with Crippen LogP contribution in [0, 0.1) is 12.3 Å². The van der Waals surface area contributed by atoms with E-state index in [2.05, 4.69) is 18.8 Å². The molecule has 0 aliphatic carbocycles. The van der Waals surface area contributed by atoms with Gasteiger partial charge in [0, 0.05) is 24.0 Å². The van der Waals surface area contributed by atoms with Crippen LogP contribution in [0.3, 0.4) is 0 Å². The molecule has 0 atom stereocenters. The van der Waals surface area contributed by atoms with Crippen molar-refractivity contribution in [2.24, 2.45) is 5.41 Å². The average Bonchev–Trinajstić information content (AvgIpc) is 2.52. The van der Waals surface area contributed by atoms with E-state index >= 15 is 0 Å². The molecule has 0 N–H and O–H groups in total. The molecule has 5 heteroatoms. The molecule has 1 aromatic heterocycles. The molecule has 2 rings (SSSR count). The molecule has 0 unspecified atom stereocenters. The second-order valence-electron chi connectivity index (χ2n) is 4.41. The van der Waals surface area contributed by atoms with Crippen LogP contribution in [0.5, 0.6) is 0 Å². The summed E-state index contributed by atoms with van der Waals surface area (Å²) in [5, 5.41) is 3.05. The Kier molecular flexibility index (Phi) is 2.64. The van der Waals surface area contributed by atoms with Crippen molar-refractivity contribution < 1.29 is 9.31 Å². The molecule has 1 aliphatic heterocycles. The van der Waals surface area contributed by atoms with Crippen molar-refractivity contribution >= 4 is 24.0 Å². The van der Waals surface area contributed by atoms with E-state index in [1.807, 2.05) is 12.3 Å². The molecule has 0 saturated carbocycles. The van der Waals surface area contributed by atoms with E-state index in [1.165, 1.54) is 0 Å². The van der Waals surface area contributed by atoms with Gasteiger partial charge in [0.05, 0.1) is 10.6 Å². The van der Waals surface area contributed by atoms with Crippen molar-refractivity contribution in [3.05, 3.63) is 10.4 Å². The van der Waals surface area contributed by atoms with Crippen LogP contribution in [0.1, 0.15) is 18.9 Å². The van der Waals surface area contributed by atoms with Gasteiger partial charge in [-0.1, -0.05) is 13.8 Å². The molecule has 3 nitrogen and oxygen atoms in total. The minimum Gasteiger partial charge on any atom is -0.406 e. The molecular formula is C9H14BNO2S. The monoisotopic (exact) mass is 211 g/mol. The summed E-state index contributed by atoms with van der Waals surface area (Å²) >= 11 is 1.63. The van der Waals surface area contributed by atoms with Gasteiger partial charge in [-0.2, -0.15) is 0 Å². The lowest BCUT2D eigenvalue weighted by atomic mass is 9.81. The molecule has 0 amide bonds. The number of rotatable bonds is 1. The zero-order valence-corrected chi connectivity index (χ0v) is 9.56. The van der Waals surface area contributed by atoms with Crippen molar-refractivity contribution in [3.8, 4) is 0 Å². The van der Waals surface area contributed by atoms with Crippen molar-refractivity contribution in [1.29, 1.82) is 0 Å². The minimum absolute atomic E-state index is 0.127. The van der Waals surface area contributed by atoms with Crippen LogP contribution in [0.15, 0.2) is 5.38 Å². The third-order valence-corrected chi connectivity index (χ3v) is 2.92. The van der Waals surface area contributed by atoms with Crippen molar-refractivity contribution in [3.63, 3.8) is 0 Å². The van der Waals surface area contributed by atoms with Gasteiger partial charge in [0.15, 0.2) is 0 Å². The second-order valence-corrected chi connectivity index (χ2v) is 5.47. The van der Waals surface area contributed by atoms with Crippen LogP contribution in [0.25, 0.3) is 0 Å². The van der Waals surface area contributed by atoms with Gasteiger partial charge in [-0.3, -0.25) is 4.98 Å². The highest BCUT2D eigenvalue weighted by Gasteiger charge is 2.34. The van der Waals surface area contributed by atoms with E-state index in [1.54, 1.807) is 11.3 Å². The Balaban J connectivity index is 2.02. The maximum atomic E-state index is 5.61. The predicted molar refractivity (Wildman–Crippen MR) is 57.9 cm³/mol. The van der Waals surface area contributed by atoms with Crippen LogP contribution < -0.4 is 5.59 Å². The summed E-state index contributed by atoms with van der Waals surface area (Å²) in [4.78, 5) is 4.35. The summed E-state index contributed by atoms with van der Waals surface area (Å²) in [5.74, 6) is 0. The van der Waals surface area contributed by atoms with Gasteiger partial charge in [0.25, 0.3) is 0 Å². The van der Waals surface area contributed by atoms with Crippen molar-refractivity contribution in [2.75, 3.05) is 13.2 Å². The number of hydrogen-bond acceptors (Lipinski definition) is 4. The SMILES string of the molecule is Cc1nc(B2OCC(C)(C)CO2)cs1. The minimum atomic E-state index is -0.257. The van der Waals surface area contributed by atoms with Crippen LogP contribution >= 0.6 is 11.3 Å². The molecule has 0 radical (unpaired) electrons. The largest absolute Gasteiger partial charge is 0.514 e. The first-order valence-corrected chi connectivity index (χ1v) is 5.60. The Hall–Kier alpha value is -0.385. The first-order valence-electron chi connectivity index (χ1n) is 4.72. The molecule has 76 valence electrons. The van der Waals surface area contributed by atoms with Crippen molar-refractivity contribution in [2.45, 2.75) is 20.8 Å². The molecule has 1 saturated heterocycles. The van der Waals surface area contributed by atoms with E-state index in [0.717, 1.165) is 23.8 Å². The zero-order valence-electron chi connectivity index (χ0n) is 8.74. The summed E-state index contributed by atoms with van der Waals surface area (Å²) < 4.78 is 11.2. The molecule has 0 spiro atoms. The molecule has 1 aliphatic rings. The van der Waals surface area contributed by atoms with E-state index in [4.69, 9.17) is 9.31 Å². The zero-order chi connectivity index (χ0) is 10.2. The summed E-state index contributed by atoms with van der Waals surface area (Å²) in [5.41, 5.74) is 1.03. The maximum Gasteiger partial charge on any atom is 0.514 e. The van der Waals surface area contributed by atoms with Crippen molar-refractivity contribution in [1.82, 2.24) is 4.98 Å². The van der Waals surface area contributed by atoms with E-state index in [0.29, 0.717) is 0 Å². The van der Waals surface area contributed by atoms with E-state index in [9.17, 15) is 0 Å².